The maximum atomic E-state index is 10.3. The fourth-order valence-electron chi connectivity index (χ4n) is 3.72. The van der Waals surface area contributed by atoms with Gasteiger partial charge in [-0.1, -0.05) is 18.0 Å². The van der Waals surface area contributed by atoms with E-state index in [1.54, 1.807) is 6.20 Å². The monoisotopic (exact) mass is 280 g/mol. The van der Waals surface area contributed by atoms with E-state index in [-0.39, 0.29) is 11.5 Å². The number of aliphatic hydroxyl groups is 1. The molecule has 0 bridgehead atoms. The molecule has 3 rings (SSSR count). The van der Waals surface area contributed by atoms with Crippen LogP contribution in [0.5, 0.6) is 0 Å². The van der Waals surface area contributed by atoms with E-state index in [1.807, 2.05) is 12.1 Å². The molecule has 1 aliphatic heterocycles. The van der Waals surface area contributed by atoms with Crippen LogP contribution in [0.15, 0.2) is 18.3 Å². The highest BCUT2D eigenvalue weighted by Crippen LogP contribution is 2.45. The predicted octanol–water partition coefficient (Wildman–Crippen LogP) is 2.86. The summed E-state index contributed by atoms with van der Waals surface area (Å²) in [5.41, 5.74) is 1.22. The average Bonchev–Trinajstić information content (AvgIpc) is 2.74. The minimum atomic E-state index is -0.103. The van der Waals surface area contributed by atoms with E-state index in [2.05, 4.69) is 9.88 Å². The first-order valence-electron chi connectivity index (χ1n) is 7.19. The fraction of sp³-hybridized carbons (Fsp3) is 0.667. The third-order valence-corrected chi connectivity index (χ3v) is 4.94. The summed E-state index contributed by atoms with van der Waals surface area (Å²) in [6.45, 7) is 2.99. The second kappa shape index (κ2) is 5.39. The van der Waals surface area contributed by atoms with E-state index in [9.17, 15) is 5.11 Å². The first kappa shape index (κ1) is 13.3. The van der Waals surface area contributed by atoms with E-state index in [0.717, 1.165) is 31.7 Å². The fourth-order valence-corrected chi connectivity index (χ4v) is 3.83. The molecule has 2 heterocycles. The Kier molecular flexibility index (Phi) is 3.79. The van der Waals surface area contributed by atoms with Crippen molar-refractivity contribution in [3.05, 3.63) is 29.0 Å². The van der Waals surface area contributed by atoms with Crippen LogP contribution in [0.25, 0.3) is 0 Å². The second-order valence-electron chi connectivity index (χ2n) is 6.05. The maximum absolute atomic E-state index is 10.3. The molecule has 2 fully saturated rings. The van der Waals surface area contributed by atoms with Crippen molar-refractivity contribution in [1.82, 2.24) is 9.88 Å². The van der Waals surface area contributed by atoms with E-state index in [4.69, 9.17) is 11.6 Å². The number of pyridine rings is 1. The SMILES string of the molecule is O[C@@H]1CCC[C@@]12CCCN(Cc1ccc(Cl)cn1)C2. The highest BCUT2D eigenvalue weighted by atomic mass is 35.5. The molecule has 1 aliphatic carbocycles. The summed E-state index contributed by atoms with van der Waals surface area (Å²) in [6, 6.07) is 3.89. The zero-order valence-electron chi connectivity index (χ0n) is 11.2. The molecule has 1 spiro atoms. The minimum absolute atomic E-state index is 0.103. The van der Waals surface area contributed by atoms with Crippen molar-refractivity contribution in [2.45, 2.75) is 44.8 Å². The Morgan fingerprint density at radius 1 is 1.37 bits per heavy atom. The van der Waals surface area contributed by atoms with Crippen LogP contribution < -0.4 is 0 Å². The van der Waals surface area contributed by atoms with Crippen molar-refractivity contribution >= 4 is 11.6 Å². The van der Waals surface area contributed by atoms with Gasteiger partial charge in [0.15, 0.2) is 0 Å². The van der Waals surface area contributed by atoms with Gasteiger partial charge in [-0.3, -0.25) is 9.88 Å². The molecule has 0 radical (unpaired) electrons. The quantitative estimate of drug-likeness (QED) is 0.905. The molecule has 0 amide bonds. The molecule has 1 aromatic heterocycles. The molecule has 2 atom stereocenters. The van der Waals surface area contributed by atoms with Gasteiger partial charge in [-0.25, -0.2) is 0 Å². The summed E-state index contributed by atoms with van der Waals surface area (Å²) in [5, 5.41) is 11.0. The summed E-state index contributed by atoms with van der Waals surface area (Å²) in [7, 11) is 0. The summed E-state index contributed by atoms with van der Waals surface area (Å²) < 4.78 is 0. The van der Waals surface area contributed by atoms with E-state index >= 15 is 0 Å². The zero-order valence-corrected chi connectivity index (χ0v) is 11.9. The Bertz CT molecular complexity index is 436. The van der Waals surface area contributed by atoms with Crippen molar-refractivity contribution in [3.63, 3.8) is 0 Å². The van der Waals surface area contributed by atoms with Gasteiger partial charge in [-0.05, 0) is 44.4 Å². The molecule has 2 aliphatic rings. The Morgan fingerprint density at radius 2 is 2.21 bits per heavy atom. The lowest BCUT2D eigenvalue weighted by Crippen LogP contribution is -2.46. The van der Waals surface area contributed by atoms with E-state index in [0.29, 0.717) is 5.02 Å². The molecule has 3 nitrogen and oxygen atoms in total. The number of hydrogen-bond donors (Lipinski definition) is 1. The summed E-state index contributed by atoms with van der Waals surface area (Å²) >= 11 is 5.86. The third-order valence-electron chi connectivity index (χ3n) is 4.72. The van der Waals surface area contributed by atoms with Crippen molar-refractivity contribution in [3.8, 4) is 0 Å². The van der Waals surface area contributed by atoms with Gasteiger partial charge in [0, 0.05) is 24.7 Å². The number of aromatic nitrogens is 1. The van der Waals surface area contributed by atoms with Crippen LogP contribution in [-0.2, 0) is 6.54 Å². The number of aliphatic hydroxyl groups excluding tert-OH is 1. The normalized spacial score (nSPS) is 32.0. The van der Waals surface area contributed by atoms with Crippen molar-refractivity contribution in [2.24, 2.45) is 5.41 Å². The third kappa shape index (κ3) is 2.78. The van der Waals surface area contributed by atoms with Gasteiger partial charge in [-0.15, -0.1) is 0 Å². The number of hydrogen-bond acceptors (Lipinski definition) is 3. The molecular weight excluding hydrogens is 260 g/mol. The Hall–Kier alpha value is -0.640. The Balaban J connectivity index is 1.67. The van der Waals surface area contributed by atoms with Gasteiger partial charge in [0.25, 0.3) is 0 Å². The van der Waals surface area contributed by atoms with Gasteiger partial charge >= 0.3 is 0 Å². The molecule has 1 aromatic rings. The summed E-state index contributed by atoms with van der Waals surface area (Å²) in [6.07, 6.45) is 7.30. The van der Waals surface area contributed by atoms with Crippen molar-refractivity contribution < 1.29 is 5.11 Å². The second-order valence-corrected chi connectivity index (χ2v) is 6.49. The number of nitrogens with zero attached hydrogens (tertiary/aromatic N) is 2. The van der Waals surface area contributed by atoms with Crippen LogP contribution in [0.1, 0.15) is 37.8 Å². The van der Waals surface area contributed by atoms with Gasteiger partial charge in [-0.2, -0.15) is 0 Å². The lowest BCUT2D eigenvalue weighted by atomic mass is 9.76. The smallest absolute Gasteiger partial charge is 0.0608 e. The molecule has 0 aromatic carbocycles. The van der Waals surface area contributed by atoms with Crippen LogP contribution >= 0.6 is 11.6 Å². The first-order valence-corrected chi connectivity index (χ1v) is 7.57. The number of piperidine rings is 1. The number of likely N-dealkylation sites (tertiary alicyclic amines) is 1. The summed E-state index contributed by atoms with van der Waals surface area (Å²) in [5.74, 6) is 0. The summed E-state index contributed by atoms with van der Waals surface area (Å²) in [4.78, 5) is 6.81. The van der Waals surface area contributed by atoms with Gasteiger partial charge in [0.1, 0.15) is 0 Å². The Labute approximate surface area is 119 Å². The van der Waals surface area contributed by atoms with Crippen molar-refractivity contribution in [1.29, 1.82) is 0 Å². The highest BCUT2D eigenvalue weighted by Gasteiger charge is 2.44. The van der Waals surface area contributed by atoms with Gasteiger partial charge < -0.3 is 5.11 Å². The van der Waals surface area contributed by atoms with Crippen LogP contribution in [0.3, 0.4) is 0 Å². The van der Waals surface area contributed by atoms with Crippen LogP contribution in [0, 0.1) is 5.41 Å². The molecule has 4 heteroatoms. The van der Waals surface area contributed by atoms with Gasteiger partial charge in [0.2, 0.25) is 0 Å². The standard InChI is InChI=1S/C15H21ClN2O/c16-12-4-5-13(17-9-12)10-18-8-2-7-15(11-18)6-1-3-14(15)19/h4-5,9,14,19H,1-3,6-8,10-11H2/t14-,15+/m1/s1. The van der Waals surface area contributed by atoms with Crippen molar-refractivity contribution in [2.75, 3.05) is 13.1 Å². The average molecular weight is 281 g/mol. The molecule has 1 N–H and O–H groups in total. The van der Waals surface area contributed by atoms with Crippen LogP contribution in [0.2, 0.25) is 5.02 Å². The molecule has 1 saturated carbocycles. The minimum Gasteiger partial charge on any atom is -0.393 e. The molecule has 104 valence electrons. The highest BCUT2D eigenvalue weighted by molar-refractivity contribution is 6.30. The van der Waals surface area contributed by atoms with E-state index in [1.165, 1.54) is 25.7 Å². The maximum Gasteiger partial charge on any atom is 0.0608 e. The Morgan fingerprint density at radius 3 is 2.89 bits per heavy atom. The molecule has 1 saturated heterocycles. The zero-order chi connectivity index (χ0) is 13.3. The van der Waals surface area contributed by atoms with Crippen LogP contribution in [0.4, 0.5) is 0 Å². The first-order chi connectivity index (χ1) is 9.18. The van der Waals surface area contributed by atoms with Crippen LogP contribution in [-0.4, -0.2) is 34.2 Å². The number of halogens is 1. The molecule has 19 heavy (non-hydrogen) atoms. The van der Waals surface area contributed by atoms with Gasteiger partial charge in [0.05, 0.1) is 16.8 Å². The molecular formula is C15H21ClN2O. The topological polar surface area (TPSA) is 36.4 Å². The lowest BCUT2D eigenvalue weighted by Gasteiger charge is -2.42. The van der Waals surface area contributed by atoms with E-state index < -0.39 is 0 Å². The predicted molar refractivity (Wildman–Crippen MR) is 76.0 cm³/mol. The molecule has 0 unspecified atom stereocenters. The number of rotatable bonds is 2. The largest absolute Gasteiger partial charge is 0.393 e. The lowest BCUT2D eigenvalue weighted by molar-refractivity contribution is -0.0123.